The average Bonchev–Trinajstić information content (AvgIpc) is 2.69. The highest BCUT2D eigenvalue weighted by Gasteiger charge is 2.06. The van der Waals surface area contributed by atoms with Crippen LogP contribution in [0.2, 0.25) is 0 Å². The third-order valence-electron chi connectivity index (χ3n) is 4.16. The van der Waals surface area contributed by atoms with Crippen molar-refractivity contribution in [3.8, 4) is 5.75 Å². The van der Waals surface area contributed by atoms with Gasteiger partial charge < -0.3 is 25.4 Å². The highest BCUT2D eigenvalue weighted by Crippen LogP contribution is 2.14. The Morgan fingerprint density at radius 2 is 1.86 bits per heavy atom. The molecule has 160 valence electrons. The first-order chi connectivity index (χ1) is 13.6. The van der Waals surface area contributed by atoms with E-state index in [1.807, 2.05) is 25.1 Å². The Morgan fingerprint density at radius 1 is 1.10 bits per heavy atom. The van der Waals surface area contributed by atoms with Gasteiger partial charge in [-0.2, -0.15) is 0 Å². The summed E-state index contributed by atoms with van der Waals surface area (Å²) in [6, 6.07) is 16.4. The van der Waals surface area contributed by atoms with Crippen LogP contribution in [-0.4, -0.2) is 45.9 Å². The number of nitrogens with zero attached hydrogens (tertiary/aromatic N) is 1. The Kier molecular flexibility index (Phi) is 12.1. The van der Waals surface area contributed by atoms with Crippen LogP contribution < -0.4 is 20.7 Å². The summed E-state index contributed by atoms with van der Waals surface area (Å²) in [6.07, 6.45) is 0.0257. The predicted octanol–water partition coefficient (Wildman–Crippen LogP) is 3.80. The summed E-state index contributed by atoms with van der Waals surface area (Å²) in [4.78, 5) is 4.28. The van der Waals surface area contributed by atoms with Crippen molar-refractivity contribution in [2.24, 2.45) is 4.99 Å². The minimum absolute atomic E-state index is 0. The molecule has 1 atom stereocenters. The van der Waals surface area contributed by atoms with Crippen LogP contribution in [-0.2, 0) is 11.3 Å². The van der Waals surface area contributed by atoms with Crippen LogP contribution in [0.25, 0.3) is 0 Å². The second-order valence-electron chi connectivity index (χ2n) is 6.67. The number of halogens is 1. The molecule has 7 heteroatoms. The summed E-state index contributed by atoms with van der Waals surface area (Å²) >= 11 is 0. The first-order valence-corrected chi connectivity index (χ1v) is 9.60. The molecule has 6 nitrogen and oxygen atoms in total. The molecule has 0 heterocycles. The third-order valence-corrected chi connectivity index (χ3v) is 4.16. The van der Waals surface area contributed by atoms with Gasteiger partial charge in [0.05, 0.1) is 13.2 Å². The maximum absolute atomic E-state index is 5.95. The van der Waals surface area contributed by atoms with Crippen molar-refractivity contribution >= 4 is 35.6 Å². The molecule has 0 aliphatic rings. The smallest absolute Gasteiger partial charge is 0.191 e. The van der Waals surface area contributed by atoms with Crippen LogP contribution in [0.1, 0.15) is 18.1 Å². The topological polar surface area (TPSA) is 66.9 Å². The Labute approximate surface area is 191 Å². The van der Waals surface area contributed by atoms with Crippen LogP contribution in [0.3, 0.4) is 0 Å². The van der Waals surface area contributed by atoms with Crippen molar-refractivity contribution in [2.45, 2.75) is 26.5 Å². The third kappa shape index (κ3) is 9.85. The molecule has 2 aromatic rings. The molecule has 0 aliphatic carbocycles. The lowest BCUT2D eigenvalue weighted by Crippen LogP contribution is -2.41. The molecule has 3 N–H and O–H groups in total. The molecule has 0 fully saturated rings. The SMILES string of the molecule is CN=C(NCc1ccc(NCCOC)cc1)NCC(C)Oc1cccc(C)c1.I. The molecule has 2 rings (SSSR count). The number of hydrogen-bond acceptors (Lipinski definition) is 4. The van der Waals surface area contributed by atoms with Crippen molar-refractivity contribution in [3.63, 3.8) is 0 Å². The lowest BCUT2D eigenvalue weighted by molar-refractivity contribution is 0.211. The lowest BCUT2D eigenvalue weighted by Gasteiger charge is -2.18. The van der Waals surface area contributed by atoms with Gasteiger partial charge in [0.15, 0.2) is 5.96 Å². The molecule has 0 aliphatic heterocycles. The molecule has 0 saturated carbocycles. The number of benzene rings is 2. The van der Waals surface area contributed by atoms with E-state index < -0.39 is 0 Å². The molecule has 0 radical (unpaired) electrons. The van der Waals surface area contributed by atoms with Crippen molar-refractivity contribution in [2.75, 3.05) is 39.2 Å². The van der Waals surface area contributed by atoms with Crippen LogP contribution in [0.4, 0.5) is 5.69 Å². The largest absolute Gasteiger partial charge is 0.489 e. The Hall–Kier alpha value is -2.00. The van der Waals surface area contributed by atoms with E-state index in [0.717, 1.165) is 23.9 Å². The number of aliphatic imine (C=N–C) groups is 1. The Morgan fingerprint density at radius 3 is 2.52 bits per heavy atom. The van der Waals surface area contributed by atoms with Gasteiger partial charge in [0.1, 0.15) is 11.9 Å². The Bertz CT molecular complexity index is 738. The summed E-state index contributed by atoms with van der Waals surface area (Å²) in [5, 5.41) is 9.95. The highest BCUT2D eigenvalue weighted by atomic mass is 127. The van der Waals surface area contributed by atoms with Crippen LogP contribution in [0, 0.1) is 6.92 Å². The molecule has 0 saturated heterocycles. The van der Waals surface area contributed by atoms with Gasteiger partial charge >= 0.3 is 0 Å². The molecule has 29 heavy (non-hydrogen) atoms. The van der Waals surface area contributed by atoms with Crippen LogP contribution in [0.15, 0.2) is 53.5 Å². The summed E-state index contributed by atoms with van der Waals surface area (Å²) in [6.45, 7) is 6.95. The van der Waals surface area contributed by atoms with E-state index in [1.54, 1.807) is 14.2 Å². The summed E-state index contributed by atoms with van der Waals surface area (Å²) in [5.74, 6) is 1.64. The molecule has 1 unspecified atom stereocenters. The zero-order valence-corrected chi connectivity index (χ0v) is 20.0. The standard InChI is InChI=1S/C22H32N4O2.HI/c1-17-6-5-7-21(14-17)28-18(2)15-25-22(23-3)26-16-19-8-10-20(11-9-19)24-12-13-27-4;/h5-11,14,18,24H,12-13,15-16H2,1-4H3,(H2,23,25,26);1H. The number of methoxy groups -OCH3 is 1. The van der Waals surface area contributed by atoms with E-state index in [-0.39, 0.29) is 30.1 Å². The second-order valence-corrected chi connectivity index (χ2v) is 6.67. The van der Waals surface area contributed by atoms with Gasteiger partial charge in [-0.1, -0.05) is 24.3 Å². The summed E-state index contributed by atoms with van der Waals surface area (Å²) < 4.78 is 11.0. The van der Waals surface area contributed by atoms with Gasteiger partial charge in [0.25, 0.3) is 0 Å². The second kappa shape index (κ2) is 14.1. The van der Waals surface area contributed by atoms with Crippen molar-refractivity contribution in [3.05, 3.63) is 59.7 Å². The maximum Gasteiger partial charge on any atom is 0.191 e. The molecule has 0 bridgehead atoms. The number of aryl methyl sites for hydroxylation is 1. The number of ether oxygens (including phenoxy) is 2. The summed E-state index contributed by atoms with van der Waals surface area (Å²) in [5.41, 5.74) is 3.46. The van der Waals surface area contributed by atoms with Gasteiger partial charge in [-0.3, -0.25) is 4.99 Å². The van der Waals surface area contributed by atoms with E-state index in [0.29, 0.717) is 19.7 Å². The average molecular weight is 512 g/mol. The molecular weight excluding hydrogens is 479 g/mol. The first kappa shape index (κ1) is 25.0. The summed E-state index contributed by atoms with van der Waals surface area (Å²) in [7, 11) is 3.47. The minimum Gasteiger partial charge on any atom is -0.489 e. The maximum atomic E-state index is 5.95. The zero-order valence-electron chi connectivity index (χ0n) is 17.7. The van der Waals surface area contributed by atoms with E-state index in [4.69, 9.17) is 9.47 Å². The molecular formula is C22H33IN4O2. The number of hydrogen-bond donors (Lipinski definition) is 3. The van der Waals surface area contributed by atoms with Gasteiger partial charge in [0.2, 0.25) is 0 Å². The number of rotatable bonds is 10. The molecule has 0 amide bonds. The van der Waals surface area contributed by atoms with Crippen molar-refractivity contribution in [1.82, 2.24) is 10.6 Å². The van der Waals surface area contributed by atoms with Gasteiger partial charge in [-0.15, -0.1) is 24.0 Å². The molecule has 2 aromatic carbocycles. The predicted molar refractivity (Wildman–Crippen MR) is 132 cm³/mol. The highest BCUT2D eigenvalue weighted by molar-refractivity contribution is 14.0. The normalized spacial score (nSPS) is 11.9. The van der Waals surface area contributed by atoms with E-state index in [9.17, 15) is 0 Å². The van der Waals surface area contributed by atoms with Crippen molar-refractivity contribution in [1.29, 1.82) is 0 Å². The van der Waals surface area contributed by atoms with E-state index >= 15 is 0 Å². The fraction of sp³-hybridized carbons (Fsp3) is 0.409. The lowest BCUT2D eigenvalue weighted by atomic mass is 10.2. The van der Waals surface area contributed by atoms with Crippen LogP contribution in [0.5, 0.6) is 5.75 Å². The minimum atomic E-state index is 0. The van der Waals surface area contributed by atoms with Gasteiger partial charge in [-0.05, 0) is 49.2 Å². The molecule has 0 aromatic heterocycles. The fourth-order valence-corrected chi connectivity index (χ4v) is 2.65. The first-order valence-electron chi connectivity index (χ1n) is 9.60. The van der Waals surface area contributed by atoms with Crippen LogP contribution >= 0.6 is 24.0 Å². The Balaban J connectivity index is 0.00000420. The molecule has 0 spiro atoms. The zero-order chi connectivity index (χ0) is 20.2. The van der Waals surface area contributed by atoms with Gasteiger partial charge in [0, 0.05) is 32.9 Å². The van der Waals surface area contributed by atoms with E-state index in [2.05, 4.69) is 58.2 Å². The van der Waals surface area contributed by atoms with Crippen molar-refractivity contribution < 1.29 is 9.47 Å². The quantitative estimate of drug-likeness (QED) is 0.196. The number of anilines is 1. The number of nitrogens with one attached hydrogen (secondary N) is 3. The fourth-order valence-electron chi connectivity index (χ4n) is 2.65. The van der Waals surface area contributed by atoms with Gasteiger partial charge in [-0.25, -0.2) is 0 Å². The monoisotopic (exact) mass is 512 g/mol. The number of guanidine groups is 1. The van der Waals surface area contributed by atoms with E-state index in [1.165, 1.54) is 11.1 Å².